The molecule has 8 heteroatoms. The number of aromatic nitrogens is 2. The third kappa shape index (κ3) is 2.83. The lowest BCUT2D eigenvalue weighted by atomic mass is 10.3. The van der Waals surface area contributed by atoms with Crippen molar-refractivity contribution in [2.24, 2.45) is 0 Å². The molecule has 0 unspecified atom stereocenters. The van der Waals surface area contributed by atoms with E-state index in [-0.39, 0.29) is 16.3 Å². The van der Waals surface area contributed by atoms with Crippen LogP contribution >= 0.6 is 22.4 Å². The number of alkyl halides is 1. The zero-order valence-corrected chi connectivity index (χ0v) is 9.74. The molecule has 82 valence electrons. The maximum Gasteiger partial charge on any atom is 0.263 e. The molecule has 0 spiro atoms. The fourth-order valence-electron chi connectivity index (χ4n) is 0.864. The van der Waals surface area contributed by atoms with E-state index in [0.717, 1.165) is 17.8 Å². The van der Waals surface area contributed by atoms with Crippen LogP contribution in [0.2, 0.25) is 0 Å². The first kappa shape index (κ1) is 12.3. The van der Waals surface area contributed by atoms with Gasteiger partial charge in [-0.05, 0) is 6.08 Å². The monoisotopic (exact) mass is 268 g/mol. The Balaban J connectivity index is 3.35. The van der Waals surface area contributed by atoms with Crippen LogP contribution in [0, 0.1) is 0 Å². The summed E-state index contributed by atoms with van der Waals surface area (Å²) in [7, 11) is 1.19. The van der Waals surface area contributed by atoms with Crippen molar-refractivity contribution in [3.05, 3.63) is 30.1 Å². The second-order valence-corrected chi connectivity index (χ2v) is 5.46. The van der Waals surface area contributed by atoms with Gasteiger partial charge < -0.3 is 0 Å². The van der Waals surface area contributed by atoms with Crippen LogP contribution in [0.4, 0.5) is 4.39 Å². The Morgan fingerprint density at radius 1 is 1.60 bits per heavy atom. The van der Waals surface area contributed by atoms with Crippen molar-refractivity contribution in [2.45, 2.75) is 6.67 Å². The predicted molar refractivity (Wildman–Crippen MR) is 57.7 cm³/mol. The van der Waals surface area contributed by atoms with Crippen molar-refractivity contribution >= 4 is 36.4 Å². The van der Waals surface area contributed by atoms with E-state index in [1.54, 1.807) is 0 Å². The molecule has 0 aliphatic heterocycles. The lowest BCUT2D eigenvalue weighted by molar-refractivity contribution is 0.477. The van der Waals surface area contributed by atoms with Gasteiger partial charge in [0.1, 0.15) is 23.0 Å². The van der Waals surface area contributed by atoms with Gasteiger partial charge in [0.05, 0.1) is 11.7 Å². The lowest BCUT2D eigenvalue weighted by Crippen LogP contribution is -1.98. The first-order chi connectivity index (χ1) is 7.00. The first-order valence-corrected chi connectivity index (χ1v) is 6.69. The summed E-state index contributed by atoms with van der Waals surface area (Å²) in [5, 5.41) is 0. The molecule has 4 nitrogen and oxygen atoms in total. The van der Waals surface area contributed by atoms with E-state index in [9.17, 15) is 12.8 Å². The minimum Gasteiger partial charge on any atom is -0.244 e. The Kier molecular flexibility index (Phi) is 3.95. The Bertz CT molecular complexity index is 495. The molecule has 0 aliphatic carbocycles. The molecule has 0 N–H and O–H groups in total. The standard InChI is InChI=1S/C7H6ClFN2O2S2/c1-2-3-6(15(8,12)13)7-5(4-9)10-14-11-7/h2-3H,1,4H2/b6-3+. The molecular formula is C7H6ClFN2O2S2. The zero-order chi connectivity index (χ0) is 11.5. The van der Waals surface area contributed by atoms with Gasteiger partial charge in [-0.25, -0.2) is 12.8 Å². The molecule has 0 aliphatic rings. The summed E-state index contributed by atoms with van der Waals surface area (Å²) >= 11 is 0.723. The number of nitrogens with zero attached hydrogens (tertiary/aromatic N) is 2. The Morgan fingerprint density at radius 3 is 2.73 bits per heavy atom. The van der Waals surface area contributed by atoms with E-state index >= 15 is 0 Å². The summed E-state index contributed by atoms with van der Waals surface area (Å²) < 4.78 is 42.0. The molecule has 0 aromatic carbocycles. The van der Waals surface area contributed by atoms with Crippen LogP contribution < -0.4 is 0 Å². The summed E-state index contributed by atoms with van der Waals surface area (Å²) in [5.41, 5.74) is -0.102. The second-order valence-electron chi connectivity index (χ2n) is 2.40. The van der Waals surface area contributed by atoms with Gasteiger partial charge in [-0.2, -0.15) is 8.75 Å². The minimum atomic E-state index is -3.98. The molecule has 15 heavy (non-hydrogen) atoms. The molecule has 1 aromatic rings. The third-order valence-electron chi connectivity index (χ3n) is 1.45. The molecule has 1 rings (SSSR count). The van der Waals surface area contributed by atoms with E-state index in [0.29, 0.717) is 0 Å². The largest absolute Gasteiger partial charge is 0.263 e. The topological polar surface area (TPSA) is 59.9 Å². The van der Waals surface area contributed by atoms with Crippen molar-refractivity contribution in [1.82, 2.24) is 8.75 Å². The van der Waals surface area contributed by atoms with Gasteiger partial charge >= 0.3 is 0 Å². The van der Waals surface area contributed by atoms with Crippen LogP contribution in [-0.2, 0) is 15.7 Å². The van der Waals surface area contributed by atoms with E-state index in [2.05, 4.69) is 15.3 Å². The van der Waals surface area contributed by atoms with E-state index < -0.39 is 15.7 Å². The molecule has 0 saturated carbocycles. The van der Waals surface area contributed by atoms with Crippen molar-refractivity contribution < 1.29 is 12.8 Å². The second kappa shape index (κ2) is 4.82. The minimum absolute atomic E-state index is 0.0441. The van der Waals surface area contributed by atoms with E-state index in [1.807, 2.05) is 0 Å². The molecule has 0 fully saturated rings. The number of allylic oxidation sites excluding steroid dienone is 2. The fourth-order valence-corrected chi connectivity index (χ4v) is 2.51. The number of halogens is 2. The normalized spacial score (nSPS) is 12.8. The maximum atomic E-state index is 12.4. The number of hydrogen-bond acceptors (Lipinski definition) is 5. The van der Waals surface area contributed by atoms with Crippen molar-refractivity contribution in [1.29, 1.82) is 0 Å². The lowest BCUT2D eigenvalue weighted by Gasteiger charge is -1.99. The molecule has 1 aromatic heterocycles. The average molecular weight is 269 g/mol. The highest BCUT2D eigenvalue weighted by Crippen LogP contribution is 2.26. The molecule has 1 heterocycles. The fraction of sp³-hybridized carbons (Fsp3) is 0.143. The SMILES string of the molecule is C=C/C=C(\c1nsnc1CF)S(=O)(=O)Cl. The zero-order valence-electron chi connectivity index (χ0n) is 7.35. The van der Waals surface area contributed by atoms with Gasteiger partial charge in [0, 0.05) is 10.7 Å². The smallest absolute Gasteiger partial charge is 0.244 e. The number of rotatable bonds is 4. The maximum absolute atomic E-state index is 12.4. The van der Waals surface area contributed by atoms with Crippen molar-refractivity contribution in [2.75, 3.05) is 0 Å². The van der Waals surface area contributed by atoms with Gasteiger partial charge in [-0.3, -0.25) is 0 Å². The van der Waals surface area contributed by atoms with E-state index in [1.165, 1.54) is 6.08 Å². The van der Waals surface area contributed by atoms with Gasteiger partial charge in [0.25, 0.3) is 9.05 Å². The summed E-state index contributed by atoms with van der Waals surface area (Å²) in [6, 6.07) is 0. The summed E-state index contributed by atoms with van der Waals surface area (Å²) in [6.45, 7) is 2.45. The molecule has 0 saturated heterocycles. The summed E-state index contributed by atoms with van der Waals surface area (Å²) in [5.74, 6) is 0. The van der Waals surface area contributed by atoms with Crippen molar-refractivity contribution in [3.8, 4) is 0 Å². The highest BCUT2D eigenvalue weighted by Gasteiger charge is 2.22. The highest BCUT2D eigenvalue weighted by atomic mass is 35.7. The van der Waals surface area contributed by atoms with Crippen LogP contribution in [0.15, 0.2) is 18.7 Å². The van der Waals surface area contributed by atoms with Gasteiger partial charge in [-0.15, -0.1) is 0 Å². The van der Waals surface area contributed by atoms with Gasteiger partial charge in [0.15, 0.2) is 0 Å². The quantitative estimate of drug-likeness (QED) is 0.620. The molecule has 0 atom stereocenters. The third-order valence-corrected chi connectivity index (χ3v) is 3.37. The van der Waals surface area contributed by atoms with Crippen LogP contribution in [0.1, 0.15) is 11.4 Å². The van der Waals surface area contributed by atoms with Crippen molar-refractivity contribution in [3.63, 3.8) is 0 Å². The summed E-state index contributed by atoms with van der Waals surface area (Å²) in [4.78, 5) is -0.291. The van der Waals surface area contributed by atoms with Gasteiger partial charge in [-0.1, -0.05) is 12.7 Å². The van der Waals surface area contributed by atoms with Crippen LogP contribution in [0.25, 0.3) is 4.91 Å². The molecule has 0 amide bonds. The van der Waals surface area contributed by atoms with Crippen LogP contribution in [0.5, 0.6) is 0 Å². The highest BCUT2D eigenvalue weighted by molar-refractivity contribution is 8.21. The predicted octanol–water partition coefficient (Wildman–Crippen LogP) is 2.10. The van der Waals surface area contributed by atoms with Crippen LogP contribution in [-0.4, -0.2) is 17.2 Å². The van der Waals surface area contributed by atoms with Crippen LogP contribution in [0.3, 0.4) is 0 Å². The number of hydrogen-bond donors (Lipinski definition) is 0. The van der Waals surface area contributed by atoms with E-state index in [4.69, 9.17) is 10.7 Å². The molecule has 0 radical (unpaired) electrons. The first-order valence-electron chi connectivity index (χ1n) is 3.66. The van der Waals surface area contributed by atoms with Gasteiger partial charge in [0.2, 0.25) is 0 Å². The molecular weight excluding hydrogens is 263 g/mol. The summed E-state index contributed by atoms with van der Waals surface area (Å²) in [6.07, 6.45) is 2.38. The Hall–Kier alpha value is -0.790. The Labute approximate surface area is 94.8 Å². The molecule has 0 bridgehead atoms. The average Bonchev–Trinajstić information content (AvgIpc) is 2.59. The Morgan fingerprint density at radius 2 is 2.27 bits per heavy atom.